The van der Waals surface area contributed by atoms with E-state index in [-0.39, 0.29) is 29.6 Å². The Hall–Kier alpha value is -1.28. The summed E-state index contributed by atoms with van der Waals surface area (Å²) in [5, 5.41) is 3.28. The van der Waals surface area contributed by atoms with Crippen LogP contribution in [0, 0.1) is 0 Å². The third-order valence-electron chi connectivity index (χ3n) is 4.68. The topological polar surface area (TPSA) is 31.2 Å². The summed E-state index contributed by atoms with van der Waals surface area (Å²) in [6.07, 6.45) is -2.68. The first-order valence-corrected chi connectivity index (χ1v) is 13.7. The van der Waals surface area contributed by atoms with Crippen LogP contribution in [0.4, 0.5) is 0 Å². The third-order valence-corrected chi connectivity index (χ3v) is 12.6. The van der Waals surface area contributed by atoms with E-state index in [0.29, 0.717) is 10.6 Å². The van der Waals surface area contributed by atoms with Gasteiger partial charge in [0.1, 0.15) is 0 Å². The molecule has 0 aliphatic heterocycles. The molecule has 4 rings (SSSR count). The van der Waals surface area contributed by atoms with E-state index < -0.39 is 13.5 Å². The van der Waals surface area contributed by atoms with Crippen molar-refractivity contribution < 1.29 is 34.1 Å². The molecule has 4 aromatic carbocycles. The van der Waals surface area contributed by atoms with Crippen molar-refractivity contribution in [3.05, 3.63) is 126 Å². The summed E-state index contributed by atoms with van der Waals surface area (Å²) in [5.74, 6) is 0. The first-order chi connectivity index (χ1) is 14.1. The van der Waals surface area contributed by atoms with Gasteiger partial charge in [-0.2, -0.15) is 0 Å². The molecular formula is C24H20NNaOP2S. The smallest absolute Gasteiger partial charge is 0.553 e. The van der Waals surface area contributed by atoms with E-state index in [1.165, 1.54) is 0 Å². The van der Waals surface area contributed by atoms with Crippen molar-refractivity contribution in [1.82, 2.24) is 0 Å². The Bertz CT molecular complexity index is 991. The van der Waals surface area contributed by atoms with Crippen molar-refractivity contribution in [2.24, 2.45) is 0 Å². The van der Waals surface area contributed by atoms with Crippen LogP contribution < -0.4 is 50.8 Å². The van der Waals surface area contributed by atoms with E-state index in [1.54, 1.807) is 0 Å². The van der Waals surface area contributed by atoms with Crippen LogP contribution in [0.2, 0.25) is 0 Å². The van der Waals surface area contributed by atoms with Gasteiger partial charge in [0, 0.05) is 0 Å². The molecule has 0 radical (unpaired) electrons. The zero-order valence-electron chi connectivity index (χ0n) is 16.7. The Morgan fingerprint density at radius 1 is 0.500 bits per heavy atom. The predicted molar refractivity (Wildman–Crippen MR) is 130 cm³/mol. The maximum atomic E-state index is 14.6. The molecule has 30 heavy (non-hydrogen) atoms. The Labute approximate surface area is 205 Å². The molecule has 0 spiro atoms. The number of benzene rings is 4. The van der Waals surface area contributed by atoms with Gasteiger partial charge in [-0.3, -0.25) is 0 Å². The molecule has 144 valence electrons. The zero-order valence-corrected chi connectivity index (χ0v) is 21.3. The fraction of sp³-hybridized carbons (Fsp3) is 0. The summed E-state index contributed by atoms with van der Waals surface area (Å²) in [5.41, 5.74) is 0. The zero-order chi connectivity index (χ0) is 20.2. The first kappa shape index (κ1) is 23.4. The van der Waals surface area contributed by atoms with Gasteiger partial charge in [-0.1, -0.05) is 128 Å². The monoisotopic (exact) mass is 455 g/mol. The van der Waals surface area contributed by atoms with Crippen molar-refractivity contribution in [1.29, 1.82) is 0 Å². The second kappa shape index (κ2) is 10.4. The number of nitrogens with zero attached hydrogens (tertiary/aromatic N) is 1. The third kappa shape index (κ3) is 4.79. The van der Waals surface area contributed by atoms with E-state index in [1.807, 2.05) is 121 Å². The van der Waals surface area contributed by atoms with Gasteiger partial charge in [-0.15, -0.1) is 11.8 Å². The molecule has 2 nitrogen and oxygen atoms in total. The fourth-order valence-electron chi connectivity index (χ4n) is 3.20. The molecule has 0 aliphatic carbocycles. The molecule has 0 aromatic heterocycles. The van der Waals surface area contributed by atoms with Crippen LogP contribution in [0.15, 0.2) is 121 Å². The first-order valence-electron chi connectivity index (χ1n) is 9.30. The molecule has 0 aliphatic rings. The van der Waals surface area contributed by atoms with Gasteiger partial charge in [0.05, 0.1) is 7.29 Å². The van der Waals surface area contributed by atoms with Crippen molar-refractivity contribution in [3.63, 3.8) is 0 Å². The Morgan fingerprint density at radius 3 is 1.07 bits per heavy atom. The SMILES string of the molecule is O=P([N-]P(=S)(c1ccccc1)c1ccccc1)(c1ccccc1)c1ccccc1.[Na+]. The van der Waals surface area contributed by atoms with Gasteiger partial charge < -0.3 is 9.42 Å². The molecule has 0 N–H and O–H groups in total. The van der Waals surface area contributed by atoms with Crippen molar-refractivity contribution in [2.45, 2.75) is 0 Å². The van der Waals surface area contributed by atoms with Crippen LogP contribution in [-0.4, -0.2) is 0 Å². The summed E-state index contributed by atoms with van der Waals surface area (Å²) >= 11 is 6.26. The molecule has 0 amide bonds. The minimum absolute atomic E-state index is 0. The van der Waals surface area contributed by atoms with Crippen LogP contribution in [0.1, 0.15) is 0 Å². The average Bonchev–Trinajstić information content (AvgIpc) is 2.81. The molecule has 6 heteroatoms. The van der Waals surface area contributed by atoms with Crippen LogP contribution in [-0.2, 0) is 16.4 Å². The maximum Gasteiger partial charge on any atom is 1.00 e. The Balaban J connectivity index is 0.00000256. The summed E-state index contributed by atoms with van der Waals surface area (Å²) in [6, 6.07) is 38.7. The van der Waals surface area contributed by atoms with Gasteiger partial charge >= 0.3 is 29.6 Å². The van der Waals surface area contributed by atoms with Crippen molar-refractivity contribution >= 4 is 46.5 Å². The molecule has 0 saturated heterocycles. The van der Waals surface area contributed by atoms with E-state index in [9.17, 15) is 4.57 Å². The molecule has 0 atom stereocenters. The average molecular weight is 455 g/mol. The van der Waals surface area contributed by atoms with Gasteiger partial charge in [0.25, 0.3) is 0 Å². The van der Waals surface area contributed by atoms with Crippen LogP contribution in [0.25, 0.3) is 4.86 Å². The Morgan fingerprint density at radius 2 is 0.767 bits per heavy atom. The summed E-state index contributed by atoms with van der Waals surface area (Å²) in [7, 11) is -3.31. The van der Waals surface area contributed by atoms with Gasteiger partial charge in [-0.05, 0) is 21.2 Å². The largest absolute Gasteiger partial charge is 1.00 e. The maximum absolute atomic E-state index is 14.6. The van der Waals surface area contributed by atoms with Gasteiger partial charge in [0.15, 0.2) is 0 Å². The minimum atomic E-state index is -3.31. The second-order valence-electron chi connectivity index (χ2n) is 6.58. The Kier molecular flexibility index (Phi) is 8.07. The molecule has 0 fully saturated rings. The normalized spacial score (nSPS) is 11.5. The molecule has 4 aromatic rings. The van der Waals surface area contributed by atoms with E-state index >= 15 is 0 Å². The standard InChI is InChI=1S/C24H20NOP2S.Na/c26-27(21-13-5-1-6-14-21,22-15-7-2-8-16-22)25-28(29,23-17-9-3-10-18-23)24-19-11-4-12-20-24;/h1-20H;/q-1;+1. The molecular weight excluding hydrogens is 435 g/mol. The predicted octanol–water partition coefficient (Wildman–Crippen LogP) is 2.34. The van der Waals surface area contributed by atoms with E-state index in [2.05, 4.69) is 0 Å². The number of rotatable bonds is 6. The summed E-state index contributed by atoms with van der Waals surface area (Å²) in [4.78, 5) is 5.10. The van der Waals surface area contributed by atoms with Crippen molar-refractivity contribution in [3.8, 4) is 0 Å². The molecule has 0 heterocycles. The van der Waals surface area contributed by atoms with Crippen LogP contribution >= 0.6 is 13.5 Å². The van der Waals surface area contributed by atoms with Gasteiger partial charge in [-0.25, -0.2) is 0 Å². The fourth-order valence-corrected chi connectivity index (χ4v) is 10.8. The van der Waals surface area contributed by atoms with Gasteiger partial charge in [0.2, 0.25) is 0 Å². The second-order valence-corrected chi connectivity index (χ2v) is 13.3. The van der Waals surface area contributed by atoms with Crippen molar-refractivity contribution in [2.75, 3.05) is 0 Å². The molecule has 0 unspecified atom stereocenters. The summed E-state index contributed by atoms with van der Waals surface area (Å²) < 4.78 is 14.6. The number of hydrogen-bond acceptors (Lipinski definition) is 2. The summed E-state index contributed by atoms with van der Waals surface area (Å²) in [6.45, 7) is 0. The molecule has 0 saturated carbocycles. The van der Waals surface area contributed by atoms with Crippen LogP contribution in [0.3, 0.4) is 0 Å². The molecule has 0 bridgehead atoms. The van der Waals surface area contributed by atoms with E-state index in [0.717, 1.165) is 10.6 Å². The quantitative estimate of drug-likeness (QED) is 0.330. The minimum Gasteiger partial charge on any atom is -0.553 e. The number of hydrogen-bond donors (Lipinski definition) is 0. The van der Waals surface area contributed by atoms with E-state index in [4.69, 9.17) is 16.7 Å². The van der Waals surface area contributed by atoms with Crippen LogP contribution in [0.5, 0.6) is 0 Å².